The maximum Gasteiger partial charge on any atom is 0.251 e. The lowest BCUT2D eigenvalue weighted by Crippen LogP contribution is -2.35. The van der Waals surface area contributed by atoms with E-state index in [1.807, 2.05) is 17.5 Å². The highest BCUT2D eigenvalue weighted by Gasteiger charge is 2.28. The highest BCUT2D eigenvalue weighted by Crippen LogP contribution is 2.37. The Balaban J connectivity index is 0.00000243. The molecule has 3 rings (SSSR count). The standard InChI is InChI=1S/C18H21N3O2S2.ClH/c1-11(2)21-8-7-13-14(10-21)25-18(16(13)17(19)23)20-15(22)6-5-12-4-3-9-24-12;/h3-6,9,11H,7-8,10H2,1-2H3,(H2,19,23)(H,20,22);1H. The van der Waals surface area contributed by atoms with Crippen LogP contribution in [0.4, 0.5) is 5.00 Å². The molecule has 2 aromatic heterocycles. The van der Waals surface area contributed by atoms with Crippen LogP contribution in [0.5, 0.6) is 0 Å². The number of carbonyl (C=O) groups excluding carboxylic acids is 2. The lowest BCUT2D eigenvalue weighted by molar-refractivity contribution is -0.111. The highest BCUT2D eigenvalue weighted by atomic mass is 35.5. The van der Waals surface area contributed by atoms with Gasteiger partial charge in [0.1, 0.15) is 5.00 Å². The maximum absolute atomic E-state index is 12.2. The summed E-state index contributed by atoms with van der Waals surface area (Å²) in [6.45, 7) is 6.00. The van der Waals surface area contributed by atoms with Crippen LogP contribution < -0.4 is 11.1 Å². The molecule has 0 saturated heterocycles. The van der Waals surface area contributed by atoms with Gasteiger partial charge in [0.2, 0.25) is 5.91 Å². The topological polar surface area (TPSA) is 75.4 Å². The summed E-state index contributed by atoms with van der Waals surface area (Å²) in [5.41, 5.74) is 7.06. The summed E-state index contributed by atoms with van der Waals surface area (Å²) in [5, 5.41) is 5.35. The average molecular weight is 412 g/mol. The van der Waals surface area contributed by atoms with Gasteiger partial charge in [0.25, 0.3) is 5.91 Å². The molecule has 0 atom stereocenters. The van der Waals surface area contributed by atoms with Gasteiger partial charge in [-0.05, 0) is 43.4 Å². The molecule has 1 aliphatic heterocycles. The second-order valence-corrected chi connectivity index (χ2v) is 8.31. The van der Waals surface area contributed by atoms with E-state index in [0.29, 0.717) is 16.6 Å². The van der Waals surface area contributed by atoms with Gasteiger partial charge in [-0.1, -0.05) is 6.07 Å². The van der Waals surface area contributed by atoms with Crippen molar-refractivity contribution in [1.29, 1.82) is 0 Å². The molecule has 0 spiro atoms. The number of nitrogens with one attached hydrogen (secondary N) is 1. The zero-order valence-electron chi connectivity index (χ0n) is 14.7. The second kappa shape index (κ2) is 8.81. The monoisotopic (exact) mass is 411 g/mol. The van der Waals surface area contributed by atoms with Crippen molar-refractivity contribution in [3.8, 4) is 0 Å². The lowest BCUT2D eigenvalue weighted by atomic mass is 10.0. The number of amides is 2. The number of primary amides is 1. The minimum absolute atomic E-state index is 0. The van der Waals surface area contributed by atoms with Crippen LogP contribution >= 0.6 is 35.1 Å². The minimum atomic E-state index is -0.479. The van der Waals surface area contributed by atoms with E-state index in [2.05, 4.69) is 24.1 Å². The van der Waals surface area contributed by atoms with Crippen LogP contribution in [0.1, 0.15) is 39.5 Å². The highest BCUT2D eigenvalue weighted by molar-refractivity contribution is 7.17. The Morgan fingerprint density at radius 2 is 2.15 bits per heavy atom. The van der Waals surface area contributed by atoms with Crippen LogP contribution in [0, 0.1) is 0 Å². The van der Waals surface area contributed by atoms with Crippen molar-refractivity contribution in [2.75, 3.05) is 11.9 Å². The molecule has 0 fully saturated rings. The Labute approximate surface area is 167 Å². The fourth-order valence-electron chi connectivity index (χ4n) is 2.91. The molecule has 3 N–H and O–H groups in total. The molecule has 5 nitrogen and oxygen atoms in total. The molecule has 0 saturated carbocycles. The number of hydrogen-bond donors (Lipinski definition) is 2. The van der Waals surface area contributed by atoms with Gasteiger partial charge in [-0.3, -0.25) is 14.5 Å². The number of halogens is 1. The van der Waals surface area contributed by atoms with Gasteiger partial charge in [0.15, 0.2) is 0 Å². The van der Waals surface area contributed by atoms with Crippen molar-refractivity contribution in [3.05, 3.63) is 44.5 Å². The maximum atomic E-state index is 12.2. The van der Waals surface area contributed by atoms with E-state index in [1.54, 1.807) is 17.4 Å². The zero-order chi connectivity index (χ0) is 18.0. The Morgan fingerprint density at radius 1 is 1.38 bits per heavy atom. The van der Waals surface area contributed by atoms with Crippen molar-refractivity contribution in [2.45, 2.75) is 32.9 Å². The Hall–Kier alpha value is -1.67. The number of nitrogens with zero attached hydrogens (tertiary/aromatic N) is 1. The first-order chi connectivity index (χ1) is 12.0. The summed E-state index contributed by atoms with van der Waals surface area (Å²) in [6.07, 6.45) is 4.02. The zero-order valence-corrected chi connectivity index (χ0v) is 17.1. The van der Waals surface area contributed by atoms with Crippen LogP contribution in [0.15, 0.2) is 23.6 Å². The molecular weight excluding hydrogens is 390 g/mol. The van der Waals surface area contributed by atoms with Crippen molar-refractivity contribution in [3.63, 3.8) is 0 Å². The van der Waals surface area contributed by atoms with Gasteiger partial charge in [-0.25, -0.2) is 0 Å². The molecule has 8 heteroatoms. The van der Waals surface area contributed by atoms with Crippen LogP contribution in [-0.4, -0.2) is 29.3 Å². The van der Waals surface area contributed by atoms with Crippen molar-refractivity contribution in [2.24, 2.45) is 5.73 Å². The minimum Gasteiger partial charge on any atom is -0.365 e. The molecule has 0 aromatic carbocycles. The summed E-state index contributed by atoms with van der Waals surface area (Å²) in [7, 11) is 0. The van der Waals surface area contributed by atoms with Gasteiger partial charge in [-0.15, -0.1) is 35.1 Å². The fourth-order valence-corrected chi connectivity index (χ4v) is 4.81. The van der Waals surface area contributed by atoms with Crippen molar-refractivity contribution >= 4 is 58.0 Å². The molecule has 3 heterocycles. The van der Waals surface area contributed by atoms with E-state index in [4.69, 9.17) is 5.73 Å². The molecule has 2 amide bonds. The summed E-state index contributed by atoms with van der Waals surface area (Å²) < 4.78 is 0. The van der Waals surface area contributed by atoms with Gasteiger partial charge in [0, 0.05) is 35.0 Å². The largest absolute Gasteiger partial charge is 0.365 e. The number of rotatable bonds is 5. The smallest absolute Gasteiger partial charge is 0.251 e. The van der Waals surface area contributed by atoms with E-state index in [-0.39, 0.29) is 18.3 Å². The third kappa shape index (κ3) is 4.54. The Kier molecular flexibility index (Phi) is 7.00. The number of anilines is 1. The third-order valence-corrected chi connectivity index (χ3v) is 6.21. The molecule has 140 valence electrons. The normalized spacial score (nSPS) is 14.3. The molecule has 1 aliphatic rings. The van der Waals surface area contributed by atoms with Gasteiger partial charge in [0.05, 0.1) is 5.56 Å². The number of carbonyl (C=O) groups is 2. The molecule has 0 radical (unpaired) electrons. The fraction of sp³-hybridized carbons (Fsp3) is 0.333. The van der Waals surface area contributed by atoms with Gasteiger partial charge < -0.3 is 11.1 Å². The van der Waals surface area contributed by atoms with E-state index in [0.717, 1.165) is 34.8 Å². The predicted molar refractivity (Wildman–Crippen MR) is 111 cm³/mol. The molecular formula is C18H22ClN3O2S2. The van der Waals surface area contributed by atoms with Crippen LogP contribution in [0.2, 0.25) is 0 Å². The van der Waals surface area contributed by atoms with Crippen LogP contribution in [0.3, 0.4) is 0 Å². The van der Waals surface area contributed by atoms with Crippen molar-refractivity contribution in [1.82, 2.24) is 4.90 Å². The van der Waals surface area contributed by atoms with Crippen molar-refractivity contribution < 1.29 is 9.59 Å². The van der Waals surface area contributed by atoms with Gasteiger partial charge >= 0.3 is 0 Å². The molecule has 26 heavy (non-hydrogen) atoms. The van der Waals surface area contributed by atoms with E-state index in [9.17, 15) is 9.59 Å². The van der Waals surface area contributed by atoms with E-state index < -0.39 is 5.91 Å². The van der Waals surface area contributed by atoms with E-state index in [1.165, 1.54) is 17.4 Å². The lowest BCUT2D eigenvalue weighted by Gasteiger charge is -2.30. The predicted octanol–water partition coefficient (Wildman–Crippen LogP) is 3.75. The van der Waals surface area contributed by atoms with E-state index >= 15 is 0 Å². The first-order valence-corrected chi connectivity index (χ1v) is 9.86. The molecule has 0 aliphatic carbocycles. The quantitative estimate of drug-likeness (QED) is 0.735. The number of thiophene rings is 2. The summed E-state index contributed by atoms with van der Waals surface area (Å²) >= 11 is 3.02. The SMILES string of the molecule is CC(C)N1CCc2c(sc(NC(=O)C=Cc3cccs3)c2C(N)=O)C1.Cl. The first kappa shape index (κ1) is 20.6. The third-order valence-electron chi connectivity index (χ3n) is 4.24. The number of hydrogen-bond acceptors (Lipinski definition) is 5. The summed E-state index contributed by atoms with van der Waals surface area (Å²) in [4.78, 5) is 28.6. The summed E-state index contributed by atoms with van der Waals surface area (Å²) in [6, 6.07) is 4.31. The molecule has 0 bridgehead atoms. The first-order valence-electron chi connectivity index (χ1n) is 8.16. The number of fused-ring (bicyclic) bond motifs is 1. The number of nitrogens with two attached hydrogens (primary N) is 1. The molecule has 2 aromatic rings. The average Bonchev–Trinajstić information content (AvgIpc) is 3.19. The Morgan fingerprint density at radius 3 is 2.77 bits per heavy atom. The Bertz CT molecular complexity index is 813. The summed E-state index contributed by atoms with van der Waals surface area (Å²) in [5.74, 6) is -0.733. The van der Waals surface area contributed by atoms with Crippen LogP contribution in [0.25, 0.3) is 6.08 Å². The molecule has 0 unspecified atom stereocenters. The van der Waals surface area contributed by atoms with Gasteiger partial charge in [-0.2, -0.15) is 0 Å². The second-order valence-electron chi connectivity index (χ2n) is 6.22. The van der Waals surface area contributed by atoms with Crippen LogP contribution in [-0.2, 0) is 17.8 Å².